The Hall–Kier alpha value is -2.05. The number of hydrogen-bond acceptors (Lipinski definition) is 4. The van der Waals surface area contributed by atoms with Crippen molar-refractivity contribution < 1.29 is 9.53 Å². The van der Waals surface area contributed by atoms with Gasteiger partial charge in [0, 0.05) is 25.2 Å². The summed E-state index contributed by atoms with van der Waals surface area (Å²) in [6.45, 7) is 3.82. The Morgan fingerprint density at radius 3 is 2.86 bits per heavy atom. The van der Waals surface area contributed by atoms with Crippen LogP contribution in [0.5, 0.6) is 5.75 Å². The number of para-hydroxylation sites is 1. The lowest BCUT2D eigenvalue weighted by molar-refractivity contribution is -0.131. The number of carbonyl (C=O) groups is 1. The molecule has 0 bridgehead atoms. The van der Waals surface area contributed by atoms with Gasteiger partial charge in [0.05, 0.1) is 29.9 Å². The van der Waals surface area contributed by atoms with Gasteiger partial charge >= 0.3 is 0 Å². The van der Waals surface area contributed by atoms with Crippen LogP contribution in [0.25, 0.3) is 0 Å². The molecule has 1 aromatic heterocycles. The Labute approximate surface area is 170 Å². The van der Waals surface area contributed by atoms with Crippen LogP contribution in [0.4, 0.5) is 0 Å². The maximum absolute atomic E-state index is 12.5. The van der Waals surface area contributed by atoms with Crippen molar-refractivity contribution in [2.45, 2.75) is 38.1 Å². The van der Waals surface area contributed by atoms with Gasteiger partial charge < -0.3 is 9.64 Å². The van der Waals surface area contributed by atoms with E-state index in [0.717, 1.165) is 63.1 Å². The summed E-state index contributed by atoms with van der Waals surface area (Å²) in [7, 11) is 0. The van der Waals surface area contributed by atoms with Crippen molar-refractivity contribution in [3.8, 4) is 5.75 Å². The van der Waals surface area contributed by atoms with Crippen molar-refractivity contribution in [2.24, 2.45) is 0 Å². The van der Waals surface area contributed by atoms with Gasteiger partial charge in [0.25, 0.3) is 0 Å². The molecule has 4 rings (SSSR count). The van der Waals surface area contributed by atoms with E-state index < -0.39 is 0 Å². The molecule has 1 amide bonds. The smallest absolute Gasteiger partial charge is 0.236 e. The van der Waals surface area contributed by atoms with Crippen LogP contribution in [0.1, 0.15) is 43.1 Å². The molecule has 6 nitrogen and oxygen atoms in total. The second-order valence-electron chi connectivity index (χ2n) is 7.56. The molecule has 7 heteroatoms. The highest BCUT2D eigenvalue weighted by Crippen LogP contribution is 2.31. The molecule has 0 aliphatic carbocycles. The number of rotatable bonds is 7. The predicted molar refractivity (Wildman–Crippen MR) is 109 cm³/mol. The summed E-state index contributed by atoms with van der Waals surface area (Å²) in [5.41, 5.74) is 2.07. The lowest BCUT2D eigenvalue weighted by Crippen LogP contribution is -2.38. The molecule has 0 radical (unpaired) electrons. The van der Waals surface area contributed by atoms with Gasteiger partial charge in [-0.05, 0) is 50.4 Å². The number of H-pyrrole nitrogens is 1. The summed E-state index contributed by atoms with van der Waals surface area (Å²) in [6, 6.07) is 9.82. The van der Waals surface area contributed by atoms with Crippen LogP contribution in [0.3, 0.4) is 0 Å². The largest absolute Gasteiger partial charge is 0.492 e. The van der Waals surface area contributed by atoms with E-state index in [1.54, 1.807) is 0 Å². The van der Waals surface area contributed by atoms with Crippen molar-refractivity contribution in [1.29, 1.82) is 0 Å². The molecule has 150 valence electrons. The number of benzene rings is 1. The summed E-state index contributed by atoms with van der Waals surface area (Å²) >= 11 is 6.12. The second kappa shape index (κ2) is 8.97. The van der Waals surface area contributed by atoms with E-state index >= 15 is 0 Å². The van der Waals surface area contributed by atoms with Crippen LogP contribution in [0.15, 0.2) is 30.3 Å². The Morgan fingerprint density at radius 1 is 1.21 bits per heavy atom. The standard InChI is InChI=1S/C21H27ClN4O2/c22-17-6-1-2-8-20(17)28-13-9-16-14-18(24-23-16)19-7-5-12-26(19)15-21(27)25-10-3-4-11-25/h1-2,6,8,14,19H,3-5,7,9-13,15H2,(H,23,24)/t19-/m0/s1. The fourth-order valence-corrected chi connectivity index (χ4v) is 4.29. The first kappa shape index (κ1) is 19.3. The molecule has 2 fully saturated rings. The number of amides is 1. The first-order valence-corrected chi connectivity index (χ1v) is 10.5. The third-order valence-corrected chi connectivity index (χ3v) is 5.93. The number of carbonyl (C=O) groups excluding carboxylic acids is 1. The van der Waals surface area contributed by atoms with E-state index in [1.807, 2.05) is 29.2 Å². The van der Waals surface area contributed by atoms with Gasteiger partial charge in [0.1, 0.15) is 5.75 Å². The number of halogens is 1. The van der Waals surface area contributed by atoms with Crippen molar-refractivity contribution >= 4 is 17.5 Å². The summed E-state index contributed by atoms with van der Waals surface area (Å²) in [6.07, 6.45) is 5.16. The molecule has 2 aromatic rings. The average molecular weight is 403 g/mol. The molecule has 3 heterocycles. The number of ether oxygens (including phenoxy) is 1. The number of hydrogen-bond donors (Lipinski definition) is 1. The number of nitrogens with one attached hydrogen (secondary N) is 1. The summed E-state index contributed by atoms with van der Waals surface area (Å²) in [5, 5.41) is 8.27. The lowest BCUT2D eigenvalue weighted by atomic mass is 10.1. The van der Waals surface area contributed by atoms with E-state index in [0.29, 0.717) is 23.9 Å². The molecule has 28 heavy (non-hydrogen) atoms. The Balaban J connectivity index is 1.31. The van der Waals surface area contributed by atoms with Crippen LogP contribution < -0.4 is 4.74 Å². The molecule has 1 aromatic carbocycles. The molecular weight excluding hydrogens is 376 g/mol. The summed E-state index contributed by atoms with van der Waals surface area (Å²) < 4.78 is 5.77. The molecule has 2 saturated heterocycles. The van der Waals surface area contributed by atoms with E-state index in [9.17, 15) is 4.79 Å². The van der Waals surface area contributed by atoms with E-state index in [2.05, 4.69) is 21.2 Å². The van der Waals surface area contributed by atoms with Gasteiger partial charge in [0.2, 0.25) is 5.91 Å². The minimum Gasteiger partial charge on any atom is -0.492 e. The van der Waals surface area contributed by atoms with Gasteiger partial charge in [-0.1, -0.05) is 23.7 Å². The zero-order valence-electron chi connectivity index (χ0n) is 16.1. The zero-order valence-corrected chi connectivity index (χ0v) is 16.8. The second-order valence-corrected chi connectivity index (χ2v) is 7.97. The highest BCUT2D eigenvalue weighted by Gasteiger charge is 2.31. The third-order valence-electron chi connectivity index (χ3n) is 5.62. The van der Waals surface area contributed by atoms with Crippen LogP contribution in [0, 0.1) is 0 Å². The van der Waals surface area contributed by atoms with E-state index in [-0.39, 0.29) is 11.9 Å². The molecule has 1 N–H and O–H groups in total. The van der Waals surface area contributed by atoms with Crippen molar-refractivity contribution in [1.82, 2.24) is 20.0 Å². The normalized spacial score (nSPS) is 20.0. The highest BCUT2D eigenvalue weighted by molar-refractivity contribution is 6.32. The maximum atomic E-state index is 12.5. The van der Waals surface area contributed by atoms with Crippen molar-refractivity contribution in [3.63, 3.8) is 0 Å². The summed E-state index contributed by atoms with van der Waals surface area (Å²) in [5.74, 6) is 0.958. The van der Waals surface area contributed by atoms with Crippen molar-refractivity contribution in [2.75, 3.05) is 32.8 Å². The number of aromatic amines is 1. The zero-order chi connectivity index (χ0) is 19.3. The third kappa shape index (κ3) is 4.50. The molecule has 0 spiro atoms. The maximum Gasteiger partial charge on any atom is 0.236 e. The van der Waals surface area contributed by atoms with E-state index in [1.165, 1.54) is 0 Å². The molecule has 2 aliphatic rings. The monoisotopic (exact) mass is 402 g/mol. The van der Waals surface area contributed by atoms with Crippen LogP contribution in [0.2, 0.25) is 5.02 Å². The highest BCUT2D eigenvalue weighted by atomic mass is 35.5. The predicted octanol–water partition coefficient (Wildman–Crippen LogP) is 3.44. The van der Waals surface area contributed by atoms with Crippen LogP contribution in [-0.4, -0.2) is 58.7 Å². The number of aromatic nitrogens is 2. The average Bonchev–Trinajstić information content (AvgIpc) is 3.45. The summed E-state index contributed by atoms with van der Waals surface area (Å²) in [4.78, 5) is 16.8. The Kier molecular flexibility index (Phi) is 6.17. The van der Waals surface area contributed by atoms with Gasteiger partial charge in [0.15, 0.2) is 0 Å². The molecule has 1 atom stereocenters. The van der Waals surface area contributed by atoms with Gasteiger partial charge in [-0.25, -0.2) is 0 Å². The number of likely N-dealkylation sites (tertiary alicyclic amines) is 2. The topological polar surface area (TPSA) is 61.5 Å². The molecule has 2 aliphatic heterocycles. The molecular formula is C21H27ClN4O2. The first-order chi connectivity index (χ1) is 13.7. The van der Waals surface area contributed by atoms with Crippen LogP contribution in [-0.2, 0) is 11.2 Å². The van der Waals surface area contributed by atoms with Gasteiger partial charge in [-0.15, -0.1) is 0 Å². The minimum atomic E-state index is 0.223. The van der Waals surface area contributed by atoms with Crippen LogP contribution >= 0.6 is 11.6 Å². The molecule has 0 saturated carbocycles. The SMILES string of the molecule is O=C(CN1CCC[C@H]1c1cc(CCOc2ccccc2Cl)[nH]n1)N1CCCC1. The van der Waals surface area contributed by atoms with Gasteiger partial charge in [-0.3, -0.25) is 14.8 Å². The van der Waals surface area contributed by atoms with E-state index in [4.69, 9.17) is 16.3 Å². The fraction of sp³-hybridized carbons (Fsp3) is 0.524. The number of nitrogens with zero attached hydrogens (tertiary/aromatic N) is 3. The Bertz CT molecular complexity index is 803. The lowest BCUT2D eigenvalue weighted by Gasteiger charge is -2.25. The van der Waals surface area contributed by atoms with Crippen molar-refractivity contribution in [3.05, 3.63) is 46.7 Å². The van der Waals surface area contributed by atoms with Gasteiger partial charge in [-0.2, -0.15) is 5.10 Å². The Morgan fingerprint density at radius 2 is 2.04 bits per heavy atom. The first-order valence-electron chi connectivity index (χ1n) is 10.1. The minimum absolute atomic E-state index is 0.223. The molecule has 0 unspecified atom stereocenters. The fourth-order valence-electron chi connectivity index (χ4n) is 4.10. The quantitative estimate of drug-likeness (QED) is 0.770.